The number of nitrogens with zero attached hydrogens (tertiary/aromatic N) is 1. The molecule has 0 saturated carbocycles. The number of likely N-dealkylation sites (tertiary alicyclic amines) is 1. The molecule has 0 aromatic carbocycles. The Morgan fingerprint density at radius 1 is 1.47 bits per heavy atom. The summed E-state index contributed by atoms with van der Waals surface area (Å²) in [5, 5.41) is 2.75. The number of amides is 2. The van der Waals surface area contributed by atoms with Crippen LogP contribution in [0, 0.1) is 0 Å². The Kier molecular flexibility index (Phi) is 5.76. The highest BCUT2D eigenvalue weighted by atomic mass is 16.5. The summed E-state index contributed by atoms with van der Waals surface area (Å²) in [6, 6.07) is -0.0244. The molecule has 6 heteroatoms. The normalized spacial score (nSPS) is 19.9. The van der Waals surface area contributed by atoms with Gasteiger partial charge in [-0.3, -0.25) is 4.79 Å². The molecule has 0 bridgehead atoms. The Hall–Kier alpha value is -1.30. The zero-order valence-electron chi connectivity index (χ0n) is 10.4. The van der Waals surface area contributed by atoms with E-state index in [0.717, 1.165) is 19.4 Å². The first-order valence-electron chi connectivity index (χ1n) is 5.87. The number of rotatable bonds is 4. The van der Waals surface area contributed by atoms with Crippen molar-refractivity contribution in [1.82, 2.24) is 10.2 Å². The average Bonchev–Trinajstić information content (AvgIpc) is 2.30. The predicted molar refractivity (Wildman–Crippen MR) is 61.6 cm³/mol. The first-order chi connectivity index (χ1) is 8.17. The van der Waals surface area contributed by atoms with Crippen LogP contribution in [-0.2, 0) is 14.3 Å². The topological polar surface area (TPSA) is 67.9 Å². The molecule has 2 amide bonds. The lowest BCUT2D eigenvalue weighted by Crippen LogP contribution is -2.50. The van der Waals surface area contributed by atoms with E-state index >= 15 is 0 Å². The Morgan fingerprint density at radius 2 is 2.24 bits per heavy atom. The van der Waals surface area contributed by atoms with Gasteiger partial charge in [0.15, 0.2) is 0 Å². The molecule has 1 fully saturated rings. The predicted octanol–water partition coefficient (Wildman–Crippen LogP) is 0.370. The van der Waals surface area contributed by atoms with Crippen LogP contribution in [0.1, 0.15) is 19.8 Å². The number of hydrogen-bond donors (Lipinski definition) is 1. The van der Waals surface area contributed by atoms with E-state index in [1.165, 1.54) is 7.11 Å². The fraction of sp³-hybridized carbons (Fsp3) is 0.818. The van der Waals surface area contributed by atoms with Gasteiger partial charge in [-0.25, -0.2) is 4.79 Å². The summed E-state index contributed by atoms with van der Waals surface area (Å²) in [7, 11) is 1.50. The minimum Gasteiger partial charge on any atom is -0.450 e. The lowest BCUT2D eigenvalue weighted by Gasteiger charge is -2.32. The zero-order chi connectivity index (χ0) is 12.7. The molecule has 0 radical (unpaired) electrons. The van der Waals surface area contributed by atoms with Crippen LogP contribution >= 0.6 is 0 Å². The van der Waals surface area contributed by atoms with E-state index in [9.17, 15) is 9.59 Å². The molecule has 1 heterocycles. The third-order valence-electron chi connectivity index (χ3n) is 2.64. The second kappa shape index (κ2) is 7.11. The monoisotopic (exact) mass is 244 g/mol. The number of methoxy groups -OCH3 is 1. The SMILES string of the molecule is CCOC(=O)N[C@@H]1CCCN(C(=O)COC)C1. The number of carbonyl (C=O) groups excluding carboxylic acids is 2. The molecule has 1 aliphatic heterocycles. The van der Waals surface area contributed by atoms with Crippen molar-refractivity contribution in [2.75, 3.05) is 33.4 Å². The first kappa shape index (κ1) is 13.8. The fourth-order valence-corrected chi connectivity index (χ4v) is 1.88. The van der Waals surface area contributed by atoms with Gasteiger partial charge in [-0.05, 0) is 19.8 Å². The maximum absolute atomic E-state index is 11.6. The third-order valence-corrected chi connectivity index (χ3v) is 2.64. The lowest BCUT2D eigenvalue weighted by atomic mass is 10.1. The molecule has 0 aromatic heterocycles. The van der Waals surface area contributed by atoms with Gasteiger partial charge in [-0.15, -0.1) is 0 Å². The number of piperidine rings is 1. The van der Waals surface area contributed by atoms with Crippen molar-refractivity contribution in [3.63, 3.8) is 0 Å². The van der Waals surface area contributed by atoms with Crippen LogP contribution in [0.3, 0.4) is 0 Å². The van der Waals surface area contributed by atoms with Crippen molar-refractivity contribution < 1.29 is 19.1 Å². The van der Waals surface area contributed by atoms with E-state index in [4.69, 9.17) is 9.47 Å². The van der Waals surface area contributed by atoms with Crippen LogP contribution in [0.15, 0.2) is 0 Å². The van der Waals surface area contributed by atoms with E-state index in [1.807, 2.05) is 0 Å². The fourth-order valence-electron chi connectivity index (χ4n) is 1.88. The van der Waals surface area contributed by atoms with Gasteiger partial charge in [0.25, 0.3) is 0 Å². The van der Waals surface area contributed by atoms with Crippen LogP contribution in [-0.4, -0.2) is 56.4 Å². The van der Waals surface area contributed by atoms with Crippen molar-refractivity contribution in [2.45, 2.75) is 25.8 Å². The first-order valence-corrected chi connectivity index (χ1v) is 5.87. The highest BCUT2D eigenvalue weighted by molar-refractivity contribution is 5.77. The summed E-state index contributed by atoms with van der Waals surface area (Å²) in [5.74, 6) is -0.0390. The standard InChI is InChI=1S/C11H20N2O4/c1-3-17-11(15)12-9-5-4-6-13(7-9)10(14)8-16-2/h9H,3-8H2,1-2H3,(H,12,15)/t9-/m1/s1. The molecule has 0 aliphatic carbocycles. The summed E-state index contributed by atoms with van der Waals surface area (Å²) in [4.78, 5) is 24.6. The van der Waals surface area contributed by atoms with Crippen molar-refractivity contribution in [3.8, 4) is 0 Å². The number of carbonyl (C=O) groups is 2. The molecule has 1 saturated heterocycles. The summed E-state index contributed by atoms with van der Waals surface area (Å²) < 4.78 is 9.62. The van der Waals surface area contributed by atoms with Crippen LogP contribution in [0.25, 0.3) is 0 Å². The van der Waals surface area contributed by atoms with E-state index in [1.54, 1.807) is 11.8 Å². The number of ether oxygens (including phenoxy) is 2. The zero-order valence-corrected chi connectivity index (χ0v) is 10.4. The number of nitrogens with one attached hydrogen (secondary N) is 1. The van der Waals surface area contributed by atoms with Gasteiger partial charge in [0.1, 0.15) is 6.61 Å². The minimum atomic E-state index is -0.418. The Balaban J connectivity index is 2.38. The van der Waals surface area contributed by atoms with Gasteiger partial charge in [-0.1, -0.05) is 0 Å². The second-order valence-corrected chi connectivity index (χ2v) is 3.98. The number of hydrogen-bond acceptors (Lipinski definition) is 4. The maximum atomic E-state index is 11.6. The van der Waals surface area contributed by atoms with Crippen LogP contribution in [0.5, 0.6) is 0 Å². The summed E-state index contributed by atoms with van der Waals surface area (Å²) in [6.45, 7) is 3.45. The van der Waals surface area contributed by atoms with Gasteiger partial charge < -0.3 is 19.7 Å². The van der Waals surface area contributed by atoms with Crippen LogP contribution in [0.4, 0.5) is 4.79 Å². The number of alkyl carbamates (subject to hydrolysis) is 1. The Labute approximate surface area is 101 Å². The van der Waals surface area contributed by atoms with E-state index < -0.39 is 6.09 Å². The van der Waals surface area contributed by atoms with E-state index in [2.05, 4.69) is 5.32 Å². The lowest BCUT2D eigenvalue weighted by molar-refractivity contribution is -0.136. The van der Waals surface area contributed by atoms with E-state index in [-0.39, 0.29) is 18.6 Å². The van der Waals surface area contributed by atoms with Gasteiger partial charge in [-0.2, -0.15) is 0 Å². The molecule has 17 heavy (non-hydrogen) atoms. The Bertz CT molecular complexity index is 270. The van der Waals surface area contributed by atoms with Gasteiger partial charge in [0, 0.05) is 26.2 Å². The van der Waals surface area contributed by atoms with Gasteiger partial charge >= 0.3 is 6.09 Å². The molecule has 1 atom stereocenters. The summed E-state index contributed by atoms with van der Waals surface area (Å²) in [6.07, 6.45) is 1.33. The second-order valence-electron chi connectivity index (χ2n) is 3.98. The van der Waals surface area contributed by atoms with Gasteiger partial charge in [0.2, 0.25) is 5.91 Å². The largest absolute Gasteiger partial charge is 0.450 e. The Morgan fingerprint density at radius 3 is 2.88 bits per heavy atom. The van der Waals surface area contributed by atoms with Crippen molar-refractivity contribution in [1.29, 1.82) is 0 Å². The summed E-state index contributed by atoms with van der Waals surface area (Å²) >= 11 is 0. The minimum absolute atomic E-state index is 0.0244. The molecule has 0 unspecified atom stereocenters. The molecule has 1 rings (SSSR count). The molecular formula is C11H20N2O4. The molecule has 98 valence electrons. The smallest absolute Gasteiger partial charge is 0.407 e. The molecular weight excluding hydrogens is 224 g/mol. The van der Waals surface area contributed by atoms with Crippen molar-refractivity contribution >= 4 is 12.0 Å². The van der Waals surface area contributed by atoms with Crippen molar-refractivity contribution in [2.24, 2.45) is 0 Å². The molecule has 1 N–H and O–H groups in total. The maximum Gasteiger partial charge on any atom is 0.407 e. The third kappa shape index (κ3) is 4.60. The van der Waals surface area contributed by atoms with Gasteiger partial charge in [0.05, 0.1) is 6.61 Å². The van der Waals surface area contributed by atoms with Crippen molar-refractivity contribution in [3.05, 3.63) is 0 Å². The molecule has 0 aromatic rings. The van der Waals surface area contributed by atoms with Crippen LogP contribution < -0.4 is 5.32 Å². The highest BCUT2D eigenvalue weighted by Crippen LogP contribution is 2.10. The van der Waals surface area contributed by atoms with E-state index in [0.29, 0.717) is 13.2 Å². The highest BCUT2D eigenvalue weighted by Gasteiger charge is 2.24. The van der Waals surface area contributed by atoms with Crippen LogP contribution in [0.2, 0.25) is 0 Å². The molecule has 6 nitrogen and oxygen atoms in total. The quantitative estimate of drug-likeness (QED) is 0.776. The summed E-state index contributed by atoms with van der Waals surface area (Å²) in [5.41, 5.74) is 0. The average molecular weight is 244 g/mol. The molecule has 0 spiro atoms. The molecule has 1 aliphatic rings.